The molecule has 2 aliphatic rings. The average Bonchev–Trinajstić information content (AvgIpc) is 3.20. The minimum absolute atomic E-state index is 0.183. The summed E-state index contributed by atoms with van der Waals surface area (Å²) in [7, 11) is 0. The number of ether oxygens (including phenoxy) is 1. The Kier molecular flexibility index (Phi) is 6.58. The van der Waals surface area contributed by atoms with E-state index < -0.39 is 12.1 Å². The van der Waals surface area contributed by atoms with Crippen LogP contribution in [0, 0.1) is 17.8 Å². The number of hydrogen-bond acceptors (Lipinski definition) is 3. The molecule has 1 aromatic rings. The van der Waals surface area contributed by atoms with Crippen molar-refractivity contribution in [1.82, 2.24) is 0 Å². The molecular formula is C23H28O4. The van der Waals surface area contributed by atoms with Gasteiger partial charge in [-0.25, -0.2) is 0 Å². The normalized spacial score (nSPS) is 24.0. The van der Waals surface area contributed by atoms with Crippen LogP contribution < -0.4 is 4.74 Å². The van der Waals surface area contributed by atoms with Crippen LogP contribution in [0.4, 0.5) is 0 Å². The number of benzene rings is 1. The molecule has 4 atom stereocenters. The molecule has 27 heavy (non-hydrogen) atoms. The standard InChI is InChI=1S/C23H28O4/c1-2-3-4-9-18(24)14-12-16-13-15-20-22(16)19-10-5-7-17(23(19)27-20)8-6-11-21(25)26/h5,7,10,12,14,16,18,20,22,24H,4,6,8-9,11,13,15H2,1H3,(H,25,26)/b14-12+/t16-,18-,20-,22-/m0/s1. The molecule has 0 unspecified atom stereocenters. The molecule has 1 fully saturated rings. The highest BCUT2D eigenvalue weighted by Gasteiger charge is 2.44. The van der Waals surface area contributed by atoms with E-state index in [-0.39, 0.29) is 12.5 Å². The van der Waals surface area contributed by atoms with Crippen molar-refractivity contribution < 1.29 is 19.7 Å². The van der Waals surface area contributed by atoms with Gasteiger partial charge in [0.1, 0.15) is 11.9 Å². The van der Waals surface area contributed by atoms with Gasteiger partial charge >= 0.3 is 5.97 Å². The van der Waals surface area contributed by atoms with Gasteiger partial charge in [0, 0.05) is 24.3 Å². The number of aliphatic carboxylic acids is 1. The second-order valence-corrected chi connectivity index (χ2v) is 7.42. The van der Waals surface area contributed by atoms with Crippen LogP contribution in [0.3, 0.4) is 0 Å². The SMILES string of the molecule is CC#CCC[C@H](O)/C=C/[C@H]1CC[C@@H]2Oc3c(CCCC(=O)O)cccc3[C@@H]21. The number of aryl methyl sites for hydroxylation is 1. The van der Waals surface area contributed by atoms with Gasteiger partial charge < -0.3 is 14.9 Å². The van der Waals surface area contributed by atoms with Gasteiger partial charge in [0.2, 0.25) is 0 Å². The Bertz CT molecular complexity index is 755. The van der Waals surface area contributed by atoms with E-state index in [0.29, 0.717) is 31.1 Å². The predicted octanol–water partition coefficient (Wildman–Crippen LogP) is 4.07. The first kappa shape index (κ1) is 19.5. The van der Waals surface area contributed by atoms with Gasteiger partial charge in [-0.15, -0.1) is 11.8 Å². The summed E-state index contributed by atoms with van der Waals surface area (Å²) < 4.78 is 6.27. The van der Waals surface area contributed by atoms with Gasteiger partial charge in [-0.1, -0.05) is 30.4 Å². The van der Waals surface area contributed by atoms with E-state index in [2.05, 4.69) is 30.0 Å². The first-order valence-corrected chi connectivity index (χ1v) is 9.86. The highest BCUT2D eigenvalue weighted by molar-refractivity contribution is 5.66. The molecule has 1 aliphatic heterocycles. The summed E-state index contributed by atoms with van der Waals surface area (Å²) in [5.74, 6) is 6.76. The number of rotatable bonds is 8. The van der Waals surface area contributed by atoms with E-state index in [1.807, 2.05) is 19.1 Å². The number of allylic oxidation sites excluding steroid dienone is 1. The van der Waals surface area contributed by atoms with E-state index in [1.165, 1.54) is 5.56 Å². The lowest BCUT2D eigenvalue weighted by atomic mass is 9.87. The van der Waals surface area contributed by atoms with Crippen molar-refractivity contribution in [1.29, 1.82) is 0 Å². The number of aliphatic hydroxyl groups excluding tert-OH is 1. The van der Waals surface area contributed by atoms with Crippen molar-refractivity contribution in [3.8, 4) is 17.6 Å². The largest absolute Gasteiger partial charge is 0.489 e. The Balaban J connectivity index is 1.67. The molecule has 2 N–H and O–H groups in total. The zero-order chi connectivity index (χ0) is 19.2. The van der Waals surface area contributed by atoms with Crippen LogP contribution >= 0.6 is 0 Å². The smallest absolute Gasteiger partial charge is 0.303 e. The van der Waals surface area contributed by atoms with Crippen LogP contribution in [-0.4, -0.2) is 28.4 Å². The molecule has 0 saturated heterocycles. The number of hydrogen-bond donors (Lipinski definition) is 2. The van der Waals surface area contributed by atoms with Crippen LogP contribution in [0.15, 0.2) is 30.4 Å². The molecule has 1 saturated carbocycles. The van der Waals surface area contributed by atoms with Gasteiger partial charge in [-0.05, 0) is 50.5 Å². The molecular weight excluding hydrogens is 340 g/mol. The van der Waals surface area contributed by atoms with Gasteiger partial charge in [0.25, 0.3) is 0 Å². The molecule has 3 rings (SSSR count). The van der Waals surface area contributed by atoms with Crippen molar-refractivity contribution in [3.05, 3.63) is 41.5 Å². The minimum Gasteiger partial charge on any atom is -0.489 e. The molecule has 4 nitrogen and oxygen atoms in total. The summed E-state index contributed by atoms with van der Waals surface area (Å²) >= 11 is 0. The first-order valence-electron chi connectivity index (χ1n) is 9.86. The number of carbonyl (C=O) groups is 1. The lowest BCUT2D eigenvalue weighted by Crippen LogP contribution is -2.15. The Morgan fingerprint density at radius 3 is 3.04 bits per heavy atom. The molecule has 4 heteroatoms. The molecule has 0 aromatic heterocycles. The quantitative estimate of drug-likeness (QED) is 0.536. The first-order chi connectivity index (χ1) is 13.1. The summed E-state index contributed by atoms with van der Waals surface area (Å²) in [6, 6.07) is 6.24. The number of fused-ring (bicyclic) bond motifs is 3. The van der Waals surface area contributed by atoms with Gasteiger partial charge in [-0.3, -0.25) is 4.79 Å². The number of carboxylic acid groups (broad SMARTS) is 1. The van der Waals surface area contributed by atoms with Crippen LogP contribution in [0.1, 0.15) is 62.5 Å². The molecule has 1 heterocycles. The van der Waals surface area contributed by atoms with Crippen LogP contribution in [0.2, 0.25) is 0 Å². The average molecular weight is 368 g/mol. The zero-order valence-electron chi connectivity index (χ0n) is 15.9. The van der Waals surface area contributed by atoms with Crippen molar-refractivity contribution in [2.45, 2.75) is 70.0 Å². The fraction of sp³-hybridized carbons (Fsp3) is 0.522. The topological polar surface area (TPSA) is 66.8 Å². The number of carboxylic acids is 1. The maximum Gasteiger partial charge on any atom is 0.303 e. The summed E-state index contributed by atoms with van der Waals surface area (Å²) in [6.45, 7) is 1.81. The maximum atomic E-state index is 10.8. The van der Waals surface area contributed by atoms with Crippen LogP contribution in [0.25, 0.3) is 0 Å². The highest BCUT2D eigenvalue weighted by Crippen LogP contribution is 2.51. The van der Waals surface area contributed by atoms with Crippen LogP contribution in [0.5, 0.6) is 5.75 Å². The number of para-hydroxylation sites is 1. The Morgan fingerprint density at radius 1 is 1.41 bits per heavy atom. The fourth-order valence-electron chi connectivity index (χ4n) is 4.27. The predicted molar refractivity (Wildman–Crippen MR) is 105 cm³/mol. The summed E-state index contributed by atoms with van der Waals surface area (Å²) in [5.41, 5.74) is 2.36. The zero-order valence-corrected chi connectivity index (χ0v) is 15.9. The molecule has 0 spiro atoms. The third kappa shape index (κ3) is 4.73. The molecule has 1 aromatic carbocycles. The van der Waals surface area contributed by atoms with Gasteiger partial charge in [0.15, 0.2) is 0 Å². The Hall–Kier alpha value is -2.25. The molecule has 0 radical (unpaired) electrons. The van der Waals surface area contributed by atoms with E-state index in [4.69, 9.17) is 9.84 Å². The van der Waals surface area contributed by atoms with Crippen molar-refractivity contribution in [3.63, 3.8) is 0 Å². The molecule has 0 bridgehead atoms. The lowest BCUT2D eigenvalue weighted by molar-refractivity contribution is -0.137. The van der Waals surface area contributed by atoms with Gasteiger partial charge in [0.05, 0.1) is 6.10 Å². The monoisotopic (exact) mass is 368 g/mol. The lowest BCUT2D eigenvalue weighted by Gasteiger charge is -2.15. The van der Waals surface area contributed by atoms with Crippen molar-refractivity contribution in [2.24, 2.45) is 5.92 Å². The Labute approximate surface area is 161 Å². The second-order valence-electron chi connectivity index (χ2n) is 7.42. The fourth-order valence-corrected chi connectivity index (χ4v) is 4.27. The van der Waals surface area contributed by atoms with Crippen LogP contribution in [-0.2, 0) is 11.2 Å². The van der Waals surface area contributed by atoms with Crippen molar-refractivity contribution in [2.75, 3.05) is 0 Å². The number of aliphatic hydroxyl groups is 1. The minimum atomic E-state index is -0.756. The van der Waals surface area contributed by atoms with E-state index in [1.54, 1.807) is 0 Å². The van der Waals surface area contributed by atoms with E-state index >= 15 is 0 Å². The molecule has 0 amide bonds. The highest BCUT2D eigenvalue weighted by atomic mass is 16.5. The second kappa shape index (κ2) is 9.10. The summed E-state index contributed by atoms with van der Waals surface area (Å²) in [4.78, 5) is 10.8. The molecule has 144 valence electrons. The maximum absolute atomic E-state index is 10.8. The third-order valence-corrected chi connectivity index (χ3v) is 5.56. The third-order valence-electron chi connectivity index (χ3n) is 5.56. The summed E-state index contributed by atoms with van der Waals surface area (Å²) in [6.07, 6.45) is 8.81. The van der Waals surface area contributed by atoms with Gasteiger partial charge in [-0.2, -0.15) is 0 Å². The Morgan fingerprint density at radius 2 is 2.26 bits per heavy atom. The van der Waals surface area contributed by atoms with Crippen molar-refractivity contribution >= 4 is 5.97 Å². The van der Waals surface area contributed by atoms with E-state index in [0.717, 1.165) is 30.6 Å². The molecule has 1 aliphatic carbocycles. The van der Waals surface area contributed by atoms with E-state index in [9.17, 15) is 9.90 Å². The summed E-state index contributed by atoms with van der Waals surface area (Å²) in [5, 5.41) is 19.0.